The van der Waals surface area contributed by atoms with Crippen LogP contribution in [0.15, 0.2) is 22.8 Å². The van der Waals surface area contributed by atoms with Gasteiger partial charge in [0.1, 0.15) is 5.76 Å². The fourth-order valence-electron chi connectivity index (χ4n) is 4.38. The van der Waals surface area contributed by atoms with E-state index in [9.17, 15) is 4.79 Å². The highest BCUT2D eigenvalue weighted by Gasteiger charge is 2.67. The molecule has 3 fully saturated rings. The summed E-state index contributed by atoms with van der Waals surface area (Å²) in [6.45, 7) is 0.539. The normalized spacial score (nSPS) is 41.3. The molecule has 3 saturated carbocycles. The molecule has 0 aromatic carbocycles. The van der Waals surface area contributed by atoms with E-state index < -0.39 is 0 Å². The van der Waals surface area contributed by atoms with Crippen LogP contribution in [0.5, 0.6) is 0 Å². The summed E-state index contributed by atoms with van der Waals surface area (Å²) in [5.74, 6) is 4.61. The molecule has 4 atom stereocenters. The molecule has 0 aliphatic heterocycles. The van der Waals surface area contributed by atoms with Crippen molar-refractivity contribution in [2.75, 3.05) is 0 Å². The molecule has 1 aromatic rings. The SMILES string of the molecule is O=C(NCc1ccco1)C1[C@H]2[C@@H]3CC[C@H](C3)[C@H]12. The minimum atomic E-state index is 0.257. The Morgan fingerprint density at radius 1 is 1.35 bits per heavy atom. The highest BCUT2D eigenvalue weighted by Crippen LogP contribution is 2.69. The molecule has 4 rings (SSSR count). The number of furan rings is 1. The maximum atomic E-state index is 12.1. The Morgan fingerprint density at radius 3 is 2.76 bits per heavy atom. The zero-order valence-corrected chi connectivity index (χ0v) is 9.76. The maximum Gasteiger partial charge on any atom is 0.224 e. The largest absolute Gasteiger partial charge is 0.467 e. The second-order valence-electron chi connectivity index (χ2n) is 5.81. The van der Waals surface area contributed by atoms with Gasteiger partial charge in [-0.3, -0.25) is 4.79 Å². The minimum Gasteiger partial charge on any atom is -0.467 e. The van der Waals surface area contributed by atoms with Gasteiger partial charge in [0.15, 0.2) is 0 Å². The van der Waals surface area contributed by atoms with Crippen LogP contribution in [0, 0.1) is 29.6 Å². The number of amides is 1. The molecule has 3 nitrogen and oxygen atoms in total. The van der Waals surface area contributed by atoms with Crippen LogP contribution in [0.25, 0.3) is 0 Å². The van der Waals surface area contributed by atoms with Gasteiger partial charge in [0.2, 0.25) is 5.91 Å². The molecule has 3 aliphatic carbocycles. The van der Waals surface area contributed by atoms with Crippen molar-refractivity contribution in [3.8, 4) is 0 Å². The fraction of sp³-hybridized carbons (Fsp3) is 0.643. The van der Waals surface area contributed by atoms with Gasteiger partial charge >= 0.3 is 0 Å². The van der Waals surface area contributed by atoms with E-state index in [-0.39, 0.29) is 5.91 Å². The van der Waals surface area contributed by atoms with Crippen LogP contribution in [0.1, 0.15) is 25.0 Å². The average molecular weight is 231 g/mol. The molecule has 17 heavy (non-hydrogen) atoms. The highest BCUT2D eigenvalue weighted by atomic mass is 16.3. The first-order chi connectivity index (χ1) is 8.34. The third-order valence-corrected chi connectivity index (χ3v) is 5.06. The van der Waals surface area contributed by atoms with E-state index in [4.69, 9.17) is 4.42 Å². The quantitative estimate of drug-likeness (QED) is 0.866. The van der Waals surface area contributed by atoms with Crippen LogP contribution in [0.2, 0.25) is 0 Å². The van der Waals surface area contributed by atoms with Crippen LogP contribution in [-0.4, -0.2) is 5.91 Å². The summed E-state index contributed by atoms with van der Waals surface area (Å²) in [7, 11) is 0. The second-order valence-corrected chi connectivity index (χ2v) is 5.81. The molecule has 0 spiro atoms. The fourth-order valence-corrected chi connectivity index (χ4v) is 4.38. The van der Waals surface area contributed by atoms with Crippen molar-refractivity contribution < 1.29 is 9.21 Å². The first-order valence-electron chi connectivity index (χ1n) is 6.64. The van der Waals surface area contributed by atoms with Crippen LogP contribution in [0.3, 0.4) is 0 Å². The second kappa shape index (κ2) is 3.37. The van der Waals surface area contributed by atoms with E-state index in [1.807, 2.05) is 12.1 Å². The van der Waals surface area contributed by atoms with Gasteiger partial charge in [-0.05, 0) is 55.1 Å². The Balaban J connectivity index is 1.37. The molecule has 90 valence electrons. The van der Waals surface area contributed by atoms with Crippen molar-refractivity contribution in [1.82, 2.24) is 5.32 Å². The molecular weight excluding hydrogens is 214 g/mol. The Morgan fingerprint density at radius 2 is 2.12 bits per heavy atom. The maximum absolute atomic E-state index is 12.1. The number of hydrogen-bond acceptors (Lipinski definition) is 2. The lowest BCUT2D eigenvalue weighted by Gasteiger charge is -2.08. The lowest BCUT2D eigenvalue weighted by Crippen LogP contribution is -2.26. The smallest absolute Gasteiger partial charge is 0.224 e. The third kappa shape index (κ3) is 1.38. The van der Waals surface area contributed by atoms with Crippen LogP contribution in [0.4, 0.5) is 0 Å². The van der Waals surface area contributed by atoms with E-state index in [2.05, 4.69) is 5.32 Å². The summed E-state index contributed by atoms with van der Waals surface area (Å²) in [5, 5.41) is 3.01. The van der Waals surface area contributed by atoms with Crippen LogP contribution < -0.4 is 5.32 Å². The Hall–Kier alpha value is -1.25. The van der Waals surface area contributed by atoms with Crippen molar-refractivity contribution in [2.24, 2.45) is 29.6 Å². The van der Waals surface area contributed by atoms with E-state index in [1.54, 1.807) is 6.26 Å². The zero-order valence-electron chi connectivity index (χ0n) is 9.76. The van der Waals surface area contributed by atoms with Crippen LogP contribution >= 0.6 is 0 Å². The van der Waals surface area contributed by atoms with Gasteiger partial charge in [0.25, 0.3) is 0 Å². The van der Waals surface area contributed by atoms with E-state index in [0.717, 1.165) is 29.4 Å². The number of carbonyl (C=O) groups is 1. The monoisotopic (exact) mass is 231 g/mol. The molecule has 0 radical (unpaired) electrons. The standard InChI is InChI=1S/C14H17NO2/c16-14(15-7-10-2-1-5-17-10)13-11-8-3-4-9(6-8)12(11)13/h1-2,5,8-9,11-13H,3-4,6-7H2,(H,15,16)/t8-,9-,11+,12+/m1/s1. The highest BCUT2D eigenvalue weighted by molar-refractivity contribution is 5.82. The van der Waals surface area contributed by atoms with Crippen molar-refractivity contribution in [2.45, 2.75) is 25.8 Å². The summed E-state index contributed by atoms with van der Waals surface area (Å²) < 4.78 is 5.22. The summed E-state index contributed by atoms with van der Waals surface area (Å²) in [4.78, 5) is 12.1. The van der Waals surface area contributed by atoms with Gasteiger partial charge in [0, 0.05) is 5.92 Å². The lowest BCUT2D eigenvalue weighted by atomic mass is 10.0. The van der Waals surface area contributed by atoms with Crippen LogP contribution in [-0.2, 0) is 11.3 Å². The van der Waals surface area contributed by atoms with Crippen molar-refractivity contribution in [1.29, 1.82) is 0 Å². The number of rotatable bonds is 3. The molecule has 2 bridgehead atoms. The lowest BCUT2D eigenvalue weighted by molar-refractivity contribution is -0.123. The van der Waals surface area contributed by atoms with Gasteiger partial charge in [0.05, 0.1) is 12.8 Å². The van der Waals surface area contributed by atoms with E-state index >= 15 is 0 Å². The zero-order chi connectivity index (χ0) is 11.4. The summed E-state index contributed by atoms with van der Waals surface area (Å²) in [6.07, 6.45) is 5.78. The van der Waals surface area contributed by atoms with Gasteiger partial charge in [-0.15, -0.1) is 0 Å². The minimum absolute atomic E-state index is 0.257. The van der Waals surface area contributed by atoms with E-state index in [0.29, 0.717) is 12.5 Å². The van der Waals surface area contributed by atoms with Gasteiger partial charge in [-0.2, -0.15) is 0 Å². The molecule has 3 heteroatoms. The predicted molar refractivity (Wildman–Crippen MR) is 61.9 cm³/mol. The first-order valence-corrected chi connectivity index (χ1v) is 6.64. The molecule has 1 amide bonds. The van der Waals surface area contributed by atoms with Crippen molar-refractivity contribution in [3.63, 3.8) is 0 Å². The van der Waals surface area contributed by atoms with E-state index in [1.165, 1.54) is 19.3 Å². The molecular formula is C14H17NO2. The average Bonchev–Trinajstić information content (AvgIpc) is 2.80. The number of hydrogen-bond donors (Lipinski definition) is 1. The Bertz CT molecular complexity index is 423. The summed E-state index contributed by atoms with van der Waals surface area (Å²) in [5.41, 5.74) is 0. The van der Waals surface area contributed by atoms with Gasteiger partial charge in [-0.1, -0.05) is 0 Å². The Labute approximate surface area is 101 Å². The topological polar surface area (TPSA) is 42.2 Å². The first kappa shape index (κ1) is 9.75. The van der Waals surface area contributed by atoms with Crippen molar-refractivity contribution >= 4 is 5.91 Å². The third-order valence-electron chi connectivity index (χ3n) is 5.06. The molecule has 1 aromatic heterocycles. The molecule has 1 heterocycles. The summed E-state index contributed by atoms with van der Waals surface area (Å²) >= 11 is 0. The van der Waals surface area contributed by atoms with Gasteiger partial charge in [-0.25, -0.2) is 0 Å². The Kier molecular flexibility index (Phi) is 1.93. The molecule has 1 N–H and O–H groups in total. The summed E-state index contributed by atoms with van der Waals surface area (Å²) in [6, 6.07) is 3.76. The van der Waals surface area contributed by atoms with Crippen molar-refractivity contribution in [3.05, 3.63) is 24.2 Å². The number of fused-ring (bicyclic) bond motifs is 5. The molecule has 0 saturated heterocycles. The number of carbonyl (C=O) groups excluding carboxylic acids is 1. The van der Waals surface area contributed by atoms with Gasteiger partial charge < -0.3 is 9.73 Å². The predicted octanol–water partition coefficient (Wildman–Crippen LogP) is 2.19. The molecule has 3 aliphatic rings. The number of nitrogens with one attached hydrogen (secondary N) is 1. The molecule has 0 unspecified atom stereocenters.